The van der Waals surface area contributed by atoms with Crippen LogP contribution in [0.1, 0.15) is 19.3 Å². The van der Waals surface area contributed by atoms with E-state index in [0.717, 1.165) is 31.1 Å². The SMILES string of the molecule is O=[N+]([O-])c1cc(S(=O)(=O)N2CCCCC2)ccc1NCCNc1cccc[nH+]1. The Hall–Kier alpha value is -2.72. The monoisotopic (exact) mass is 406 g/mol. The molecular formula is C18H24N5O4S+. The van der Waals surface area contributed by atoms with Crippen molar-refractivity contribution in [2.45, 2.75) is 24.2 Å². The summed E-state index contributed by atoms with van der Waals surface area (Å²) in [5, 5.41) is 17.6. The number of piperidine rings is 1. The summed E-state index contributed by atoms with van der Waals surface area (Å²) in [7, 11) is -3.71. The lowest BCUT2D eigenvalue weighted by molar-refractivity contribution is -0.384. The van der Waals surface area contributed by atoms with Crippen LogP contribution in [0.15, 0.2) is 47.5 Å². The number of anilines is 2. The molecule has 2 heterocycles. The number of nitro groups is 1. The lowest BCUT2D eigenvalue weighted by Crippen LogP contribution is -2.35. The zero-order valence-corrected chi connectivity index (χ0v) is 16.2. The van der Waals surface area contributed by atoms with Crippen molar-refractivity contribution >= 4 is 27.2 Å². The van der Waals surface area contributed by atoms with Crippen molar-refractivity contribution < 1.29 is 18.3 Å². The van der Waals surface area contributed by atoms with Crippen molar-refractivity contribution in [3.05, 3.63) is 52.7 Å². The highest BCUT2D eigenvalue weighted by Crippen LogP contribution is 2.29. The van der Waals surface area contributed by atoms with Crippen LogP contribution in [0.25, 0.3) is 0 Å². The van der Waals surface area contributed by atoms with E-state index in [1.807, 2.05) is 18.2 Å². The van der Waals surface area contributed by atoms with Crippen molar-refractivity contribution in [2.75, 3.05) is 36.8 Å². The number of aromatic amines is 1. The normalized spacial score (nSPS) is 15.1. The summed E-state index contributed by atoms with van der Waals surface area (Å²) >= 11 is 0. The van der Waals surface area contributed by atoms with E-state index in [0.29, 0.717) is 31.9 Å². The summed E-state index contributed by atoms with van der Waals surface area (Å²) in [5.41, 5.74) is 0.0470. The Labute approximate surface area is 164 Å². The molecule has 9 nitrogen and oxygen atoms in total. The van der Waals surface area contributed by atoms with Gasteiger partial charge in [-0.2, -0.15) is 4.31 Å². The second kappa shape index (κ2) is 8.98. The van der Waals surface area contributed by atoms with Crippen LogP contribution < -0.4 is 15.6 Å². The van der Waals surface area contributed by atoms with E-state index in [1.54, 1.807) is 6.20 Å². The maximum absolute atomic E-state index is 12.8. The highest BCUT2D eigenvalue weighted by molar-refractivity contribution is 7.89. The Morgan fingerprint density at radius 3 is 2.50 bits per heavy atom. The fourth-order valence-electron chi connectivity index (χ4n) is 3.12. The molecule has 1 fully saturated rings. The van der Waals surface area contributed by atoms with E-state index >= 15 is 0 Å². The Morgan fingerprint density at radius 1 is 1.07 bits per heavy atom. The van der Waals surface area contributed by atoms with Gasteiger partial charge in [-0.1, -0.05) is 12.5 Å². The average Bonchev–Trinajstić information content (AvgIpc) is 2.72. The molecular weight excluding hydrogens is 382 g/mol. The van der Waals surface area contributed by atoms with Crippen LogP contribution >= 0.6 is 0 Å². The highest BCUT2D eigenvalue weighted by Gasteiger charge is 2.28. The van der Waals surface area contributed by atoms with E-state index in [9.17, 15) is 18.5 Å². The standard InChI is InChI=1S/C18H23N5O4S/c24-23(25)17-14-15(28(26,27)22-12-4-1-5-13-22)7-8-16(17)19-10-11-21-18-6-2-3-9-20-18/h2-3,6-9,14,19H,1,4-5,10-13H2,(H,20,21)/p+1. The smallest absolute Gasteiger partial charge is 0.293 e. The molecule has 0 unspecified atom stereocenters. The Kier molecular flexibility index (Phi) is 6.42. The van der Waals surface area contributed by atoms with Gasteiger partial charge in [0.2, 0.25) is 10.0 Å². The number of sulfonamides is 1. The molecule has 0 radical (unpaired) electrons. The van der Waals surface area contributed by atoms with E-state index in [1.165, 1.54) is 16.4 Å². The van der Waals surface area contributed by atoms with E-state index in [-0.39, 0.29) is 10.6 Å². The second-order valence-electron chi connectivity index (χ2n) is 6.53. The minimum absolute atomic E-state index is 0.0383. The number of H-pyrrole nitrogens is 1. The Balaban J connectivity index is 1.69. The van der Waals surface area contributed by atoms with Crippen molar-refractivity contribution in [2.24, 2.45) is 0 Å². The van der Waals surface area contributed by atoms with Gasteiger partial charge < -0.3 is 5.32 Å². The van der Waals surface area contributed by atoms with Gasteiger partial charge in [-0.25, -0.2) is 13.4 Å². The molecule has 1 aliphatic heterocycles. The summed E-state index contributed by atoms with van der Waals surface area (Å²) < 4.78 is 26.9. The van der Waals surface area contributed by atoms with Gasteiger partial charge in [-0.15, -0.1) is 0 Å². The van der Waals surface area contributed by atoms with Gasteiger partial charge in [0.25, 0.3) is 11.5 Å². The minimum Gasteiger partial charge on any atom is -0.376 e. The maximum atomic E-state index is 12.8. The van der Waals surface area contributed by atoms with Crippen LogP contribution in [0.4, 0.5) is 17.2 Å². The number of nitro benzene ring substituents is 1. The van der Waals surface area contributed by atoms with Crippen molar-refractivity contribution in [3.8, 4) is 0 Å². The zero-order valence-electron chi connectivity index (χ0n) is 15.4. The maximum Gasteiger partial charge on any atom is 0.293 e. The molecule has 0 atom stereocenters. The van der Waals surface area contributed by atoms with Gasteiger partial charge in [0.15, 0.2) is 0 Å². The molecule has 28 heavy (non-hydrogen) atoms. The van der Waals surface area contributed by atoms with E-state index in [4.69, 9.17) is 0 Å². The predicted molar refractivity (Wildman–Crippen MR) is 106 cm³/mol. The molecule has 0 amide bonds. The number of nitrogens with one attached hydrogen (secondary N) is 3. The largest absolute Gasteiger partial charge is 0.376 e. The van der Waals surface area contributed by atoms with Crippen molar-refractivity contribution in [3.63, 3.8) is 0 Å². The number of hydrogen-bond donors (Lipinski definition) is 2. The first kappa shape index (κ1) is 20.0. The summed E-state index contributed by atoms with van der Waals surface area (Å²) in [6, 6.07) is 9.67. The van der Waals surface area contributed by atoms with Gasteiger partial charge in [-0.05, 0) is 31.0 Å². The highest BCUT2D eigenvalue weighted by atomic mass is 32.2. The molecule has 0 bridgehead atoms. The average molecular weight is 406 g/mol. The molecule has 1 saturated heterocycles. The summed E-state index contributed by atoms with van der Waals surface area (Å²) in [5.74, 6) is 0.835. The van der Waals surface area contributed by atoms with Gasteiger partial charge in [0.05, 0.1) is 22.6 Å². The first-order chi connectivity index (χ1) is 13.5. The summed E-state index contributed by atoms with van der Waals surface area (Å²) in [6.07, 6.45) is 4.42. The van der Waals surface area contributed by atoms with Gasteiger partial charge in [0.1, 0.15) is 12.2 Å². The van der Waals surface area contributed by atoms with Gasteiger partial charge in [-0.3, -0.25) is 15.4 Å². The Bertz CT molecular complexity index is 915. The number of nitrogens with zero attached hydrogens (tertiary/aromatic N) is 2. The quantitative estimate of drug-likeness (QED) is 0.394. The number of aromatic nitrogens is 1. The van der Waals surface area contributed by atoms with Crippen LogP contribution in [0.3, 0.4) is 0 Å². The second-order valence-corrected chi connectivity index (χ2v) is 8.47. The van der Waals surface area contributed by atoms with Crippen LogP contribution in [-0.2, 0) is 10.0 Å². The van der Waals surface area contributed by atoms with Crippen LogP contribution in [0, 0.1) is 10.1 Å². The van der Waals surface area contributed by atoms with Gasteiger partial charge >= 0.3 is 0 Å². The third-order valence-electron chi connectivity index (χ3n) is 4.58. The topological polar surface area (TPSA) is 119 Å². The number of pyridine rings is 1. The molecule has 10 heteroatoms. The molecule has 0 aliphatic carbocycles. The van der Waals surface area contributed by atoms with Crippen molar-refractivity contribution in [1.29, 1.82) is 0 Å². The third-order valence-corrected chi connectivity index (χ3v) is 6.48. The van der Waals surface area contributed by atoms with E-state index in [2.05, 4.69) is 15.6 Å². The van der Waals surface area contributed by atoms with Crippen LogP contribution in [0.5, 0.6) is 0 Å². The molecule has 150 valence electrons. The van der Waals surface area contributed by atoms with Crippen LogP contribution in [0.2, 0.25) is 0 Å². The predicted octanol–water partition coefficient (Wildman–Crippen LogP) is 2.11. The molecule has 3 N–H and O–H groups in total. The first-order valence-corrected chi connectivity index (χ1v) is 10.7. The Morgan fingerprint density at radius 2 is 1.82 bits per heavy atom. The molecule has 1 aromatic carbocycles. The van der Waals surface area contributed by atoms with Crippen LogP contribution in [-0.4, -0.2) is 43.8 Å². The summed E-state index contributed by atoms with van der Waals surface area (Å²) in [4.78, 5) is 13.9. The molecule has 2 aromatic rings. The fourth-order valence-corrected chi connectivity index (χ4v) is 4.66. The lowest BCUT2D eigenvalue weighted by atomic mass is 10.2. The first-order valence-electron chi connectivity index (χ1n) is 9.21. The lowest BCUT2D eigenvalue weighted by Gasteiger charge is -2.25. The molecule has 1 aliphatic rings. The van der Waals surface area contributed by atoms with Gasteiger partial charge in [0, 0.05) is 25.2 Å². The molecule has 1 aromatic heterocycles. The van der Waals surface area contributed by atoms with Crippen molar-refractivity contribution in [1.82, 2.24) is 4.31 Å². The number of rotatable bonds is 8. The molecule has 0 saturated carbocycles. The number of benzene rings is 1. The molecule has 3 rings (SSSR count). The zero-order chi connectivity index (χ0) is 20.0. The minimum atomic E-state index is -3.71. The summed E-state index contributed by atoms with van der Waals surface area (Å²) in [6.45, 7) is 1.88. The fraction of sp³-hybridized carbons (Fsp3) is 0.389. The molecule has 0 spiro atoms. The number of hydrogen-bond acceptors (Lipinski definition) is 6. The third kappa shape index (κ3) is 4.76. The van der Waals surface area contributed by atoms with E-state index < -0.39 is 14.9 Å².